The molecule has 0 unspecified atom stereocenters. The highest BCUT2D eigenvalue weighted by atomic mass is 16.4. The summed E-state index contributed by atoms with van der Waals surface area (Å²) in [6.45, 7) is 0.765. The van der Waals surface area contributed by atoms with Gasteiger partial charge < -0.3 is 15.7 Å². The van der Waals surface area contributed by atoms with Crippen molar-refractivity contribution in [1.29, 1.82) is 0 Å². The minimum atomic E-state index is -0.990. The summed E-state index contributed by atoms with van der Waals surface area (Å²) in [4.78, 5) is 26.1. The Balaban J connectivity index is 1.75. The van der Waals surface area contributed by atoms with Crippen LogP contribution < -0.4 is 10.6 Å². The van der Waals surface area contributed by atoms with Gasteiger partial charge in [-0.25, -0.2) is 4.98 Å². The molecule has 0 radical (unpaired) electrons. The number of carbonyl (C=O) groups excluding carboxylic acids is 1. The molecule has 6 nitrogen and oxygen atoms in total. The zero-order valence-corrected chi connectivity index (χ0v) is 12.7. The average Bonchev–Trinajstić information content (AvgIpc) is 2.56. The molecular formula is C17H19N3O3. The van der Waals surface area contributed by atoms with Crippen LogP contribution in [0.15, 0.2) is 48.7 Å². The first-order valence-corrected chi connectivity index (χ1v) is 7.39. The highest BCUT2D eigenvalue weighted by molar-refractivity contribution is 5.92. The number of rotatable bonds is 8. The summed E-state index contributed by atoms with van der Waals surface area (Å²) in [5.41, 5.74) is 1.80. The van der Waals surface area contributed by atoms with Gasteiger partial charge >= 0.3 is 5.97 Å². The second-order valence-electron chi connectivity index (χ2n) is 5.04. The quantitative estimate of drug-likeness (QED) is 0.696. The average molecular weight is 313 g/mol. The van der Waals surface area contributed by atoms with Crippen LogP contribution in [-0.4, -0.2) is 28.5 Å². The van der Waals surface area contributed by atoms with Crippen molar-refractivity contribution in [3.63, 3.8) is 0 Å². The second kappa shape index (κ2) is 8.53. The van der Waals surface area contributed by atoms with E-state index in [9.17, 15) is 9.59 Å². The van der Waals surface area contributed by atoms with Gasteiger partial charge in [0, 0.05) is 13.0 Å². The number of aromatic nitrogens is 1. The number of carbonyl (C=O) groups is 2. The highest BCUT2D eigenvalue weighted by Crippen LogP contribution is 2.10. The van der Waals surface area contributed by atoms with Crippen LogP contribution in [0.3, 0.4) is 0 Å². The largest absolute Gasteiger partial charge is 0.481 e. The van der Waals surface area contributed by atoms with E-state index in [1.165, 1.54) is 5.56 Å². The smallest absolute Gasteiger partial charge is 0.303 e. The number of anilines is 2. The maximum absolute atomic E-state index is 11.5. The molecule has 0 spiro atoms. The van der Waals surface area contributed by atoms with E-state index >= 15 is 0 Å². The molecule has 0 bridgehead atoms. The summed E-state index contributed by atoms with van der Waals surface area (Å²) >= 11 is 0. The molecule has 23 heavy (non-hydrogen) atoms. The van der Waals surface area contributed by atoms with Crippen LogP contribution in [-0.2, 0) is 16.0 Å². The fraction of sp³-hybridized carbons (Fsp3) is 0.235. The molecule has 1 amide bonds. The molecule has 1 aromatic carbocycles. The van der Waals surface area contributed by atoms with E-state index in [-0.39, 0.29) is 18.7 Å². The lowest BCUT2D eigenvalue weighted by molar-refractivity contribution is -0.138. The van der Waals surface area contributed by atoms with Crippen LogP contribution in [0.2, 0.25) is 0 Å². The Morgan fingerprint density at radius 2 is 1.83 bits per heavy atom. The number of carboxylic acids is 1. The van der Waals surface area contributed by atoms with Crippen LogP contribution in [0, 0.1) is 0 Å². The lowest BCUT2D eigenvalue weighted by Crippen LogP contribution is -2.13. The molecule has 3 N–H and O–H groups in total. The van der Waals surface area contributed by atoms with E-state index in [4.69, 9.17) is 5.11 Å². The zero-order valence-electron chi connectivity index (χ0n) is 12.7. The van der Waals surface area contributed by atoms with Crippen LogP contribution >= 0.6 is 0 Å². The number of pyridine rings is 1. The van der Waals surface area contributed by atoms with Crippen molar-refractivity contribution in [2.24, 2.45) is 0 Å². The summed E-state index contributed by atoms with van der Waals surface area (Å²) in [5, 5.41) is 14.4. The number of hydrogen-bond acceptors (Lipinski definition) is 4. The van der Waals surface area contributed by atoms with Crippen LogP contribution in [0.25, 0.3) is 0 Å². The molecule has 6 heteroatoms. The summed E-state index contributed by atoms with van der Waals surface area (Å²) in [6.07, 6.45) is 2.21. The molecule has 2 aromatic rings. The summed E-state index contributed by atoms with van der Waals surface area (Å²) in [7, 11) is 0. The van der Waals surface area contributed by atoms with Gasteiger partial charge in [0.05, 0.1) is 18.3 Å². The number of aliphatic carboxylic acids is 1. The van der Waals surface area contributed by atoms with Crippen LogP contribution in [0.4, 0.5) is 11.5 Å². The molecule has 0 atom stereocenters. The Kier molecular flexibility index (Phi) is 6.11. The maximum Gasteiger partial charge on any atom is 0.303 e. The fourth-order valence-corrected chi connectivity index (χ4v) is 2.00. The number of nitrogens with one attached hydrogen (secondary N) is 2. The summed E-state index contributed by atoms with van der Waals surface area (Å²) < 4.78 is 0. The van der Waals surface area contributed by atoms with Gasteiger partial charge in [-0.15, -0.1) is 0 Å². The Bertz CT molecular complexity index is 642. The molecule has 2 rings (SSSR count). The third-order valence-electron chi connectivity index (χ3n) is 3.18. The van der Waals surface area contributed by atoms with Gasteiger partial charge in [0.1, 0.15) is 5.82 Å². The van der Waals surface area contributed by atoms with Crippen molar-refractivity contribution in [3.05, 3.63) is 54.2 Å². The minimum absolute atomic E-state index is 0.0492. The van der Waals surface area contributed by atoms with Gasteiger partial charge in [-0.3, -0.25) is 9.59 Å². The van der Waals surface area contributed by atoms with Gasteiger partial charge in [-0.05, 0) is 24.1 Å². The minimum Gasteiger partial charge on any atom is -0.481 e. The number of benzene rings is 1. The topological polar surface area (TPSA) is 91.3 Å². The first-order valence-electron chi connectivity index (χ1n) is 7.39. The predicted octanol–water partition coefficient (Wildman–Crippen LogP) is 2.54. The van der Waals surface area contributed by atoms with E-state index in [0.717, 1.165) is 18.8 Å². The van der Waals surface area contributed by atoms with Gasteiger partial charge in [-0.1, -0.05) is 30.3 Å². The zero-order chi connectivity index (χ0) is 16.5. The van der Waals surface area contributed by atoms with Crippen molar-refractivity contribution in [3.8, 4) is 0 Å². The molecule has 1 aromatic heterocycles. The first-order chi connectivity index (χ1) is 11.1. The van der Waals surface area contributed by atoms with E-state index in [0.29, 0.717) is 5.69 Å². The third-order valence-corrected chi connectivity index (χ3v) is 3.18. The molecule has 0 saturated carbocycles. The number of amides is 1. The standard InChI is InChI=1S/C17H19N3O3/c21-16(8-9-17(22)23)20-14-6-7-15(19-12-14)18-11-10-13-4-2-1-3-5-13/h1-7,12H,8-11H2,(H,18,19)(H,20,21)(H,22,23). The van der Waals surface area contributed by atoms with E-state index < -0.39 is 5.97 Å². The fourth-order valence-electron chi connectivity index (χ4n) is 2.00. The normalized spacial score (nSPS) is 10.1. The second-order valence-corrected chi connectivity index (χ2v) is 5.04. The monoisotopic (exact) mass is 313 g/mol. The number of carboxylic acid groups (broad SMARTS) is 1. The van der Waals surface area contributed by atoms with Crippen molar-refractivity contribution >= 4 is 23.4 Å². The maximum atomic E-state index is 11.5. The SMILES string of the molecule is O=C(O)CCC(=O)Nc1ccc(NCCc2ccccc2)nc1. The molecule has 0 aliphatic rings. The molecule has 0 aliphatic carbocycles. The number of nitrogens with zero attached hydrogens (tertiary/aromatic N) is 1. The predicted molar refractivity (Wildman–Crippen MR) is 88.4 cm³/mol. The lowest BCUT2D eigenvalue weighted by atomic mass is 10.1. The van der Waals surface area contributed by atoms with E-state index in [1.54, 1.807) is 18.3 Å². The molecule has 1 heterocycles. The van der Waals surface area contributed by atoms with Gasteiger partial charge in [-0.2, -0.15) is 0 Å². The van der Waals surface area contributed by atoms with Gasteiger partial charge in [0.25, 0.3) is 0 Å². The molecular weight excluding hydrogens is 294 g/mol. The van der Waals surface area contributed by atoms with E-state index in [1.807, 2.05) is 18.2 Å². The van der Waals surface area contributed by atoms with Crippen molar-refractivity contribution in [2.75, 3.05) is 17.2 Å². The van der Waals surface area contributed by atoms with E-state index in [2.05, 4.69) is 27.8 Å². The van der Waals surface area contributed by atoms with Crippen molar-refractivity contribution < 1.29 is 14.7 Å². The Labute approximate surface area is 134 Å². The first kappa shape index (κ1) is 16.5. The lowest BCUT2D eigenvalue weighted by Gasteiger charge is -2.07. The molecule has 0 saturated heterocycles. The van der Waals surface area contributed by atoms with Crippen molar-refractivity contribution in [2.45, 2.75) is 19.3 Å². The Morgan fingerprint density at radius 3 is 2.48 bits per heavy atom. The summed E-state index contributed by atoms with van der Waals surface area (Å²) in [6, 6.07) is 13.7. The molecule has 0 aliphatic heterocycles. The van der Waals surface area contributed by atoms with Crippen molar-refractivity contribution in [1.82, 2.24) is 4.98 Å². The Morgan fingerprint density at radius 1 is 1.04 bits per heavy atom. The summed E-state index contributed by atoms with van der Waals surface area (Å²) in [5.74, 6) is -0.598. The Hall–Kier alpha value is -2.89. The van der Waals surface area contributed by atoms with Gasteiger partial charge in [0.2, 0.25) is 5.91 Å². The number of hydrogen-bond donors (Lipinski definition) is 3. The van der Waals surface area contributed by atoms with Crippen LogP contribution in [0.5, 0.6) is 0 Å². The highest BCUT2D eigenvalue weighted by Gasteiger charge is 2.06. The van der Waals surface area contributed by atoms with Crippen LogP contribution in [0.1, 0.15) is 18.4 Å². The molecule has 0 fully saturated rings. The third kappa shape index (κ3) is 6.17. The molecule has 120 valence electrons. The van der Waals surface area contributed by atoms with Gasteiger partial charge in [0.15, 0.2) is 0 Å².